The zero-order valence-corrected chi connectivity index (χ0v) is 20.7. The predicted octanol–water partition coefficient (Wildman–Crippen LogP) is 3.13. The fourth-order valence-corrected chi connectivity index (χ4v) is 4.86. The highest BCUT2D eigenvalue weighted by molar-refractivity contribution is 8.26. The summed E-state index contributed by atoms with van der Waals surface area (Å²) in [6, 6.07) is 8.78. The van der Waals surface area contributed by atoms with Crippen LogP contribution in [0.2, 0.25) is 0 Å². The van der Waals surface area contributed by atoms with Crippen LogP contribution in [0.1, 0.15) is 5.56 Å². The number of ether oxygens (including phenoxy) is 2. The van der Waals surface area contributed by atoms with Crippen molar-refractivity contribution >= 4 is 46.3 Å². The van der Waals surface area contributed by atoms with E-state index in [1.165, 1.54) is 6.07 Å². The van der Waals surface area contributed by atoms with Crippen molar-refractivity contribution in [2.24, 2.45) is 0 Å². The Morgan fingerprint density at radius 2 is 1.89 bits per heavy atom. The minimum absolute atomic E-state index is 0.166. The molecule has 12 heteroatoms. The second-order valence-electron chi connectivity index (χ2n) is 7.93. The lowest BCUT2D eigenvalue weighted by molar-refractivity contribution is -0.137. The number of halogens is 2. The van der Waals surface area contributed by atoms with Gasteiger partial charge in [-0.05, 0) is 41.5 Å². The van der Waals surface area contributed by atoms with Crippen LogP contribution in [0.4, 0.5) is 8.78 Å². The summed E-state index contributed by atoms with van der Waals surface area (Å²) in [6.45, 7) is 3.59. The summed E-state index contributed by atoms with van der Waals surface area (Å²) in [7, 11) is 0. The highest BCUT2D eigenvalue weighted by atomic mass is 32.2. The highest BCUT2D eigenvalue weighted by Crippen LogP contribution is 2.35. The molecule has 0 radical (unpaired) electrons. The Morgan fingerprint density at radius 3 is 2.61 bits per heavy atom. The van der Waals surface area contributed by atoms with E-state index in [1.54, 1.807) is 24.3 Å². The number of morpholine rings is 1. The molecule has 2 aliphatic rings. The van der Waals surface area contributed by atoms with Crippen molar-refractivity contribution in [1.29, 1.82) is 0 Å². The maximum atomic E-state index is 13.8. The van der Waals surface area contributed by atoms with Crippen LogP contribution < -0.4 is 10.2 Å². The zero-order valence-electron chi connectivity index (χ0n) is 19.0. The summed E-state index contributed by atoms with van der Waals surface area (Å²) >= 11 is 6.23. The number of carboxylic acids is 1. The maximum absolute atomic E-state index is 13.8. The second kappa shape index (κ2) is 11.9. The van der Waals surface area contributed by atoms with Crippen LogP contribution in [0.15, 0.2) is 41.3 Å². The van der Waals surface area contributed by atoms with E-state index in [9.17, 15) is 18.4 Å². The van der Waals surface area contributed by atoms with Crippen LogP contribution >= 0.6 is 24.0 Å². The van der Waals surface area contributed by atoms with Gasteiger partial charge in [0.2, 0.25) is 0 Å². The Labute approximate surface area is 215 Å². The number of nitrogens with zero attached hydrogens (tertiary/aromatic N) is 2. The normalized spacial score (nSPS) is 17.7. The van der Waals surface area contributed by atoms with Crippen molar-refractivity contribution in [3.8, 4) is 16.9 Å². The predicted molar refractivity (Wildman–Crippen MR) is 135 cm³/mol. The number of carbonyl (C=O) groups excluding carboxylic acids is 1. The molecule has 0 bridgehead atoms. The Balaban J connectivity index is 1.60. The number of thiocarbonyl (C=S) groups is 1. The fourth-order valence-electron chi connectivity index (χ4n) is 3.65. The van der Waals surface area contributed by atoms with E-state index in [-0.39, 0.29) is 9.23 Å². The smallest absolute Gasteiger partial charge is 0.319 e. The molecule has 2 aromatic rings. The first-order chi connectivity index (χ1) is 17.3. The first-order valence-electron chi connectivity index (χ1n) is 11.1. The van der Waals surface area contributed by atoms with E-state index >= 15 is 0 Å². The summed E-state index contributed by atoms with van der Waals surface area (Å²) in [6.07, 6.45) is 1.59. The standard InChI is InChI=1S/C24H23F2N3O5S2/c25-18-3-1-16(12-19(18)26)15-2-4-20(34-10-7-28-5-8-33-9-6-28)17(11-15)13-21-23(32)29(24(35)36-21)27-14-22(30)31/h1-4,11-13,27H,5-10,14H2,(H,30,31). The summed E-state index contributed by atoms with van der Waals surface area (Å²) in [5.41, 5.74) is 4.08. The molecule has 0 aliphatic carbocycles. The summed E-state index contributed by atoms with van der Waals surface area (Å²) in [5.74, 6) is -3.05. The van der Waals surface area contributed by atoms with Crippen LogP contribution in [-0.4, -0.2) is 77.2 Å². The number of amides is 1. The molecule has 0 atom stereocenters. The monoisotopic (exact) mass is 535 g/mol. The Bertz CT molecular complexity index is 1200. The molecule has 2 heterocycles. The van der Waals surface area contributed by atoms with Gasteiger partial charge in [-0.1, -0.05) is 36.1 Å². The molecule has 0 unspecified atom stereocenters. The van der Waals surface area contributed by atoms with E-state index in [0.717, 1.165) is 42.0 Å². The number of carboxylic acid groups (broad SMARTS) is 1. The minimum atomic E-state index is -1.14. The molecule has 1 amide bonds. The Morgan fingerprint density at radius 1 is 1.17 bits per heavy atom. The first-order valence-corrected chi connectivity index (χ1v) is 12.3. The molecule has 0 aromatic heterocycles. The summed E-state index contributed by atoms with van der Waals surface area (Å²) < 4.78 is 38.8. The van der Waals surface area contributed by atoms with Crippen LogP contribution in [0, 0.1) is 11.6 Å². The van der Waals surface area contributed by atoms with Crippen molar-refractivity contribution in [2.45, 2.75) is 0 Å². The number of hydrazine groups is 1. The van der Waals surface area contributed by atoms with Crippen molar-refractivity contribution < 1.29 is 33.0 Å². The average molecular weight is 536 g/mol. The largest absolute Gasteiger partial charge is 0.492 e. The number of aliphatic carboxylic acids is 1. The molecule has 0 saturated carbocycles. The number of carbonyl (C=O) groups is 2. The third-order valence-corrected chi connectivity index (χ3v) is 6.80. The van der Waals surface area contributed by atoms with Gasteiger partial charge in [-0.15, -0.1) is 0 Å². The van der Waals surface area contributed by atoms with E-state index in [2.05, 4.69) is 10.3 Å². The number of rotatable bonds is 9. The van der Waals surface area contributed by atoms with Crippen molar-refractivity contribution in [3.63, 3.8) is 0 Å². The molecule has 190 valence electrons. The lowest BCUT2D eigenvalue weighted by atomic mass is 10.0. The van der Waals surface area contributed by atoms with Crippen molar-refractivity contribution in [3.05, 3.63) is 58.5 Å². The molecular weight excluding hydrogens is 512 g/mol. The molecule has 2 saturated heterocycles. The van der Waals surface area contributed by atoms with Gasteiger partial charge in [-0.2, -0.15) is 0 Å². The number of hydrogen-bond donors (Lipinski definition) is 2. The van der Waals surface area contributed by atoms with Gasteiger partial charge in [-0.3, -0.25) is 14.5 Å². The quantitative estimate of drug-likeness (QED) is 0.371. The Hall–Kier alpha value is -2.90. The number of hydrogen-bond acceptors (Lipinski definition) is 8. The van der Waals surface area contributed by atoms with Crippen molar-refractivity contribution in [2.75, 3.05) is 46.0 Å². The van der Waals surface area contributed by atoms with E-state index < -0.39 is 30.1 Å². The summed E-state index contributed by atoms with van der Waals surface area (Å²) in [5, 5.41) is 9.91. The van der Waals surface area contributed by atoms with Crippen molar-refractivity contribution in [1.82, 2.24) is 15.3 Å². The average Bonchev–Trinajstić information content (AvgIpc) is 3.12. The third kappa shape index (κ3) is 6.45. The molecule has 2 N–H and O–H groups in total. The molecule has 2 fully saturated rings. The summed E-state index contributed by atoms with van der Waals surface area (Å²) in [4.78, 5) is 26.2. The molecule has 2 aromatic carbocycles. The van der Waals surface area contributed by atoms with Crippen LogP contribution in [-0.2, 0) is 14.3 Å². The second-order valence-corrected chi connectivity index (χ2v) is 9.61. The highest BCUT2D eigenvalue weighted by Gasteiger charge is 2.32. The maximum Gasteiger partial charge on any atom is 0.319 e. The first kappa shape index (κ1) is 26.2. The third-order valence-electron chi connectivity index (χ3n) is 5.50. The van der Waals surface area contributed by atoms with Gasteiger partial charge < -0.3 is 14.6 Å². The number of benzene rings is 2. The van der Waals surface area contributed by atoms with Gasteiger partial charge in [-0.25, -0.2) is 19.2 Å². The molecule has 2 aliphatic heterocycles. The van der Waals surface area contributed by atoms with Crippen LogP contribution in [0.3, 0.4) is 0 Å². The molecular formula is C24H23F2N3O5S2. The minimum Gasteiger partial charge on any atom is -0.492 e. The van der Waals surface area contributed by atoms with E-state index in [1.807, 2.05) is 0 Å². The molecule has 8 nitrogen and oxygen atoms in total. The number of thioether (sulfide) groups is 1. The van der Waals surface area contributed by atoms with Gasteiger partial charge in [0, 0.05) is 25.2 Å². The zero-order chi connectivity index (χ0) is 25.7. The Kier molecular flexibility index (Phi) is 8.64. The molecule has 4 rings (SSSR count). The molecule has 36 heavy (non-hydrogen) atoms. The van der Waals surface area contributed by atoms with Gasteiger partial charge in [0.05, 0.1) is 18.1 Å². The fraction of sp³-hybridized carbons (Fsp3) is 0.292. The van der Waals surface area contributed by atoms with E-state index in [4.69, 9.17) is 26.8 Å². The van der Waals surface area contributed by atoms with Gasteiger partial charge >= 0.3 is 5.97 Å². The lowest BCUT2D eigenvalue weighted by Crippen LogP contribution is -2.43. The van der Waals surface area contributed by atoms with Gasteiger partial charge in [0.15, 0.2) is 16.0 Å². The van der Waals surface area contributed by atoms with Crippen LogP contribution in [0.5, 0.6) is 5.75 Å². The molecule has 0 spiro atoms. The van der Waals surface area contributed by atoms with Crippen LogP contribution in [0.25, 0.3) is 17.2 Å². The number of nitrogens with one attached hydrogen (secondary N) is 1. The lowest BCUT2D eigenvalue weighted by Gasteiger charge is -2.26. The SMILES string of the molecule is O=C(O)CNN1C(=O)C(=Cc2cc(-c3ccc(F)c(F)c3)ccc2OCCN2CCOCC2)SC1=S. The van der Waals surface area contributed by atoms with Gasteiger partial charge in [0.25, 0.3) is 5.91 Å². The van der Waals surface area contributed by atoms with Gasteiger partial charge in [0.1, 0.15) is 18.9 Å². The van der Waals surface area contributed by atoms with E-state index in [0.29, 0.717) is 48.8 Å². The topological polar surface area (TPSA) is 91.3 Å².